The summed E-state index contributed by atoms with van der Waals surface area (Å²) in [5, 5.41) is 2.82. The summed E-state index contributed by atoms with van der Waals surface area (Å²) in [7, 11) is 0. The normalized spacial score (nSPS) is 10.7. The van der Waals surface area contributed by atoms with Gasteiger partial charge in [0.2, 0.25) is 0 Å². The smallest absolute Gasteiger partial charge is 0.275 e. The number of nitrogens with zero attached hydrogens (tertiary/aromatic N) is 3. The van der Waals surface area contributed by atoms with Crippen LogP contribution in [-0.2, 0) is 0 Å². The van der Waals surface area contributed by atoms with Crippen molar-refractivity contribution in [3.8, 4) is 0 Å². The first-order valence-electron chi connectivity index (χ1n) is 6.32. The summed E-state index contributed by atoms with van der Waals surface area (Å²) in [5.74, 6) is -0.223. The lowest BCUT2D eigenvalue weighted by Gasteiger charge is -2.02. The van der Waals surface area contributed by atoms with Crippen LogP contribution in [0.4, 0.5) is 5.69 Å². The molecule has 5 heteroatoms. The van der Waals surface area contributed by atoms with Gasteiger partial charge in [-0.2, -0.15) is 0 Å². The summed E-state index contributed by atoms with van der Waals surface area (Å²) >= 11 is 0. The van der Waals surface area contributed by atoms with Crippen LogP contribution >= 0.6 is 0 Å². The van der Waals surface area contributed by atoms with E-state index in [0.29, 0.717) is 5.69 Å². The third-order valence-corrected chi connectivity index (χ3v) is 3.08. The van der Waals surface area contributed by atoms with Gasteiger partial charge in [0.1, 0.15) is 11.3 Å². The van der Waals surface area contributed by atoms with Crippen LogP contribution in [0.3, 0.4) is 0 Å². The largest absolute Gasteiger partial charge is 0.320 e. The molecule has 1 N–H and O–H groups in total. The zero-order valence-electron chi connectivity index (χ0n) is 11.3. The average molecular weight is 266 g/mol. The number of anilines is 1. The molecule has 3 aromatic heterocycles. The van der Waals surface area contributed by atoms with Gasteiger partial charge < -0.3 is 9.72 Å². The van der Waals surface area contributed by atoms with E-state index in [9.17, 15) is 4.79 Å². The van der Waals surface area contributed by atoms with E-state index in [4.69, 9.17) is 0 Å². The topological polar surface area (TPSA) is 59.3 Å². The van der Waals surface area contributed by atoms with Crippen molar-refractivity contribution in [2.75, 3.05) is 5.32 Å². The Hall–Kier alpha value is -2.69. The Labute approximate surface area is 116 Å². The van der Waals surface area contributed by atoms with Crippen LogP contribution in [0.5, 0.6) is 0 Å². The van der Waals surface area contributed by atoms with Gasteiger partial charge in [0, 0.05) is 29.5 Å². The predicted molar refractivity (Wildman–Crippen MR) is 76.9 cm³/mol. The predicted octanol–water partition coefficient (Wildman–Crippen LogP) is 2.60. The average Bonchev–Trinajstić information content (AvgIpc) is 2.84. The molecule has 0 unspecified atom stereocenters. The summed E-state index contributed by atoms with van der Waals surface area (Å²) in [6.45, 7) is 3.85. The van der Waals surface area contributed by atoms with Crippen LogP contribution in [0, 0.1) is 13.8 Å². The van der Waals surface area contributed by atoms with Crippen LogP contribution in [0.2, 0.25) is 0 Å². The molecular weight excluding hydrogens is 252 g/mol. The molecular formula is C15H14N4O. The maximum absolute atomic E-state index is 12.2. The summed E-state index contributed by atoms with van der Waals surface area (Å²) in [6.07, 6.45) is 3.41. The minimum Gasteiger partial charge on any atom is -0.320 e. The summed E-state index contributed by atoms with van der Waals surface area (Å²) < 4.78 is 1.90. The standard InChI is InChI=1S/C15H14N4O/c1-10-8-12(6-7-16-10)17-15(20)13-9-19-11(2)4-3-5-14(19)18-13/h3-9H,1-2H3,(H,16,17,20). The zero-order chi connectivity index (χ0) is 14.1. The van der Waals surface area contributed by atoms with Crippen LogP contribution in [-0.4, -0.2) is 20.3 Å². The summed E-state index contributed by atoms with van der Waals surface area (Å²) in [5.41, 5.74) is 3.77. The minimum atomic E-state index is -0.223. The van der Waals surface area contributed by atoms with Gasteiger partial charge in [-0.3, -0.25) is 9.78 Å². The van der Waals surface area contributed by atoms with E-state index in [1.165, 1.54) is 0 Å². The quantitative estimate of drug-likeness (QED) is 0.775. The van der Waals surface area contributed by atoms with Crippen molar-refractivity contribution < 1.29 is 4.79 Å². The second kappa shape index (κ2) is 4.77. The molecule has 0 aliphatic heterocycles. The Kier molecular flexibility index (Phi) is 2.95. The van der Waals surface area contributed by atoms with Gasteiger partial charge in [0.25, 0.3) is 5.91 Å². The highest BCUT2D eigenvalue weighted by Gasteiger charge is 2.11. The molecule has 0 bridgehead atoms. The molecule has 3 aromatic rings. The Balaban J connectivity index is 1.91. The Morgan fingerprint density at radius 1 is 1.25 bits per heavy atom. The number of carbonyl (C=O) groups is 1. The second-order valence-corrected chi connectivity index (χ2v) is 4.66. The number of nitrogens with one attached hydrogen (secondary N) is 1. The number of pyridine rings is 2. The second-order valence-electron chi connectivity index (χ2n) is 4.66. The molecule has 3 rings (SSSR count). The number of rotatable bonds is 2. The fourth-order valence-corrected chi connectivity index (χ4v) is 2.08. The van der Waals surface area contributed by atoms with Crippen molar-refractivity contribution in [3.05, 3.63) is 59.8 Å². The molecule has 20 heavy (non-hydrogen) atoms. The van der Waals surface area contributed by atoms with Gasteiger partial charge in [-0.25, -0.2) is 4.98 Å². The van der Waals surface area contributed by atoms with Gasteiger partial charge in [-0.1, -0.05) is 6.07 Å². The van der Waals surface area contributed by atoms with E-state index < -0.39 is 0 Å². The maximum Gasteiger partial charge on any atom is 0.275 e. The summed E-state index contributed by atoms with van der Waals surface area (Å²) in [6, 6.07) is 9.35. The van der Waals surface area contributed by atoms with E-state index in [-0.39, 0.29) is 5.91 Å². The molecule has 5 nitrogen and oxygen atoms in total. The molecule has 0 fully saturated rings. The highest BCUT2D eigenvalue weighted by atomic mass is 16.1. The highest BCUT2D eigenvalue weighted by Crippen LogP contribution is 2.12. The van der Waals surface area contributed by atoms with Crippen molar-refractivity contribution in [1.82, 2.24) is 14.4 Å². The molecule has 0 radical (unpaired) electrons. The zero-order valence-corrected chi connectivity index (χ0v) is 11.3. The van der Waals surface area contributed by atoms with Crippen molar-refractivity contribution in [3.63, 3.8) is 0 Å². The van der Waals surface area contributed by atoms with Crippen molar-refractivity contribution in [2.24, 2.45) is 0 Å². The lowest BCUT2D eigenvalue weighted by molar-refractivity contribution is 0.102. The monoisotopic (exact) mass is 266 g/mol. The maximum atomic E-state index is 12.2. The number of carbonyl (C=O) groups excluding carboxylic acids is 1. The first kappa shape index (κ1) is 12.3. The van der Waals surface area contributed by atoms with Gasteiger partial charge in [-0.05, 0) is 38.1 Å². The number of hydrogen-bond acceptors (Lipinski definition) is 3. The molecule has 0 spiro atoms. The molecule has 0 saturated carbocycles. The minimum absolute atomic E-state index is 0.223. The molecule has 0 aliphatic carbocycles. The molecule has 0 aliphatic rings. The number of amides is 1. The fraction of sp³-hybridized carbons (Fsp3) is 0.133. The lowest BCUT2D eigenvalue weighted by Crippen LogP contribution is -2.12. The van der Waals surface area contributed by atoms with Gasteiger partial charge in [0.05, 0.1) is 0 Å². The third kappa shape index (κ3) is 2.25. The fourth-order valence-electron chi connectivity index (χ4n) is 2.08. The van der Waals surface area contributed by atoms with E-state index in [1.807, 2.05) is 42.5 Å². The lowest BCUT2D eigenvalue weighted by atomic mass is 10.3. The number of aromatic nitrogens is 3. The van der Waals surface area contributed by atoms with Crippen molar-refractivity contribution >= 4 is 17.2 Å². The molecule has 0 aromatic carbocycles. The first-order valence-corrected chi connectivity index (χ1v) is 6.32. The molecule has 100 valence electrons. The molecule has 0 atom stereocenters. The number of aryl methyl sites for hydroxylation is 2. The molecule has 3 heterocycles. The van der Waals surface area contributed by atoms with Gasteiger partial charge >= 0.3 is 0 Å². The van der Waals surface area contributed by atoms with Crippen LogP contribution < -0.4 is 5.32 Å². The van der Waals surface area contributed by atoms with Crippen molar-refractivity contribution in [2.45, 2.75) is 13.8 Å². The van der Waals surface area contributed by atoms with Crippen LogP contribution in [0.1, 0.15) is 21.9 Å². The van der Waals surface area contributed by atoms with Crippen LogP contribution in [0.15, 0.2) is 42.7 Å². The van der Waals surface area contributed by atoms with E-state index >= 15 is 0 Å². The Morgan fingerprint density at radius 2 is 2.10 bits per heavy atom. The first-order chi connectivity index (χ1) is 9.63. The number of imidazole rings is 1. The van der Waals surface area contributed by atoms with Gasteiger partial charge in [-0.15, -0.1) is 0 Å². The van der Waals surface area contributed by atoms with Crippen LogP contribution in [0.25, 0.3) is 5.65 Å². The van der Waals surface area contributed by atoms with E-state index in [1.54, 1.807) is 18.5 Å². The summed E-state index contributed by atoms with van der Waals surface area (Å²) in [4.78, 5) is 20.6. The Bertz CT molecular complexity index is 791. The SMILES string of the molecule is Cc1cc(NC(=O)c2cn3c(C)cccc3n2)ccn1. The number of fused-ring (bicyclic) bond motifs is 1. The third-order valence-electron chi connectivity index (χ3n) is 3.08. The Morgan fingerprint density at radius 3 is 2.85 bits per heavy atom. The van der Waals surface area contributed by atoms with E-state index in [2.05, 4.69) is 15.3 Å². The number of hydrogen-bond donors (Lipinski definition) is 1. The highest BCUT2D eigenvalue weighted by molar-refractivity contribution is 6.03. The van der Waals surface area contributed by atoms with E-state index in [0.717, 1.165) is 22.7 Å². The molecule has 0 saturated heterocycles. The van der Waals surface area contributed by atoms with Gasteiger partial charge in [0.15, 0.2) is 0 Å². The molecule has 1 amide bonds. The van der Waals surface area contributed by atoms with Crippen molar-refractivity contribution in [1.29, 1.82) is 0 Å².